The van der Waals surface area contributed by atoms with Crippen LogP contribution in [-0.2, 0) is 34.1 Å². The molecule has 4 rings (SSSR count). The average molecular weight is 404 g/mol. The molecular weight excluding hydrogens is 380 g/mol. The number of sulfone groups is 1. The first-order valence-corrected chi connectivity index (χ1v) is 11.2. The third-order valence-corrected chi connectivity index (χ3v) is 6.90. The van der Waals surface area contributed by atoms with Crippen LogP contribution in [0.2, 0.25) is 0 Å². The minimum Gasteiger partial charge on any atom is -0.467 e. The van der Waals surface area contributed by atoms with Crippen molar-refractivity contribution in [3.63, 3.8) is 0 Å². The number of para-hydroxylation sites is 2. The molecule has 1 aliphatic heterocycles. The van der Waals surface area contributed by atoms with Crippen LogP contribution >= 0.6 is 0 Å². The smallest absolute Gasteiger partial charge is 0.150 e. The number of furan rings is 1. The highest BCUT2D eigenvalue weighted by Gasteiger charge is 2.29. The van der Waals surface area contributed by atoms with Gasteiger partial charge in [-0.25, -0.2) is 13.4 Å². The van der Waals surface area contributed by atoms with E-state index in [2.05, 4.69) is 0 Å². The molecule has 28 heavy (non-hydrogen) atoms. The van der Waals surface area contributed by atoms with E-state index >= 15 is 0 Å². The summed E-state index contributed by atoms with van der Waals surface area (Å²) in [5.74, 6) is 2.07. The Morgan fingerprint density at radius 3 is 2.89 bits per heavy atom. The van der Waals surface area contributed by atoms with Gasteiger partial charge in [-0.3, -0.25) is 0 Å². The standard InChI is InChI=1S/C20H24N2O5S/c23-16(12-26-13-17-4-3-8-27-17)11-22-19-6-2-1-5-18(19)21-20(22)10-15-7-9-28(24,25)14-15/h1-6,8,15-16,23H,7,9-14H2. The SMILES string of the molecule is O=S1(=O)CCC(Cc2nc3ccccc3n2CC(O)COCc2ccco2)C1. The number of fused-ring (bicyclic) bond motifs is 1. The maximum atomic E-state index is 11.8. The van der Waals surface area contributed by atoms with Gasteiger partial charge in [0, 0.05) is 6.42 Å². The summed E-state index contributed by atoms with van der Waals surface area (Å²) < 4.78 is 36.3. The Morgan fingerprint density at radius 1 is 1.29 bits per heavy atom. The highest BCUT2D eigenvalue weighted by molar-refractivity contribution is 7.91. The maximum absolute atomic E-state index is 11.8. The zero-order valence-corrected chi connectivity index (χ0v) is 16.3. The van der Waals surface area contributed by atoms with Gasteiger partial charge in [-0.2, -0.15) is 0 Å². The van der Waals surface area contributed by atoms with Crippen molar-refractivity contribution in [1.82, 2.24) is 9.55 Å². The van der Waals surface area contributed by atoms with E-state index in [1.807, 2.05) is 34.9 Å². The molecular formula is C20H24N2O5S. The number of aliphatic hydroxyl groups excluding tert-OH is 1. The molecule has 2 aromatic heterocycles. The van der Waals surface area contributed by atoms with Gasteiger partial charge in [0.25, 0.3) is 0 Å². The molecule has 3 heterocycles. The number of nitrogens with zero attached hydrogens (tertiary/aromatic N) is 2. The van der Waals surface area contributed by atoms with E-state index in [1.165, 1.54) is 0 Å². The Labute approximate surface area is 163 Å². The summed E-state index contributed by atoms with van der Waals surface area (Å²) in [5, 5.41) is 10.5. The van der Waals surface area contributed by atoms with Gasteiger partial charge in [-0.1, -0.05) is 12.1 Å². The van der Waals surface area contributed by atoms with E-state index in [-0.39, 0.29) is 24.0 Å². The van der Waals surface area contributed by atoms with Gasteiger partial charge >= 0.3 is 0 Å². The first-order valence-electron chi connectivity index (χ1n) is 9.43. The van der Waals surface area contributed by atoms with E-state index in [4.69, 9.17) is 14.1 Å². The lowest BCUT2D eigenvalue weighted by atomic mass is 10.1. The fraction of sp³-hybridized carbons (Fsp3) is 0.450. The van der Waals surface area contributed by atoms with E-state index < -0.39 is 15.9 Å². The third-order valence-electron chi connectivity index (χ3n) is 5.06. The summed E-state index contributed by atoms with van der Waals surface area (Å²) in [5.41, 5.74) is 1.78. The first-order chi connectivity index (χ1) is 13.5. The lowest BCUT2D eigenvalue weighted by Crippen LogP contribution is -2.24. The van der Waals surface area contributed by atoms with Crippen LogP contribution in [0.3, 0.4) is 0 Å². The second-order valence-electron chi connectivity index (χ2n) is 7.35. The van der Waals surface area contributed by atoms with Crippen LogP contribution in [0.15, 0.2) is 47.1 Å². The van der Waals surface area contributed by atoms with Crippen LogP contribution in [-0.4, -0.2) is 47.3 Å². The van der Waals surface area contributed by atoms with Crippen LogP contribution in [0.5, 0.6) is 0 Å². The van der Waals surface area contributed by atoms with Crippen molar-refractivity contribution < 1.29 is 22.7 Å². The topological polar surface area (TPSA) is 94.6 Å². The second-order valence-corrected chi connectivity index (χ2v) is 9.58. The highest BCUT2D eigenvalue weighted by atomic mass is 32.2. The summed E-state index contributed by atoms with van der Waals surface area (Å²) in [6, 6.07) is 11.4. The molecule has 2 unspecified atom stereocenters. The highest BCUT2D eigenvalue weighted by Crippen LogP contribution is 2.25. The van der Waals surface area contributed by atoms with Crippen LogP contribution in [0, 0.1) is 5.92 Å². The number of hydrogen-bond acceptors (Lipinski definition) is 6. The zero-order chi connectivity index (χ0) is 19.6. The monoisotopic (exact) mass is 404 g/mol. The molecule has 2 atom stereocenters. The normalized spacial score (nSPS) is 20.0. The van der Waals surface area contributed by atoms with E-state index in [0.717, 1.165) is 16.9 Å². The van der Waals surface area contributed by atoms with E-state index in [1.54, 1.807) is 12.3 Å². The first kappa shape index (κ1) is 19.2. The Morgan fingerprint density at radius 2 is 2.14 bits per heavy atom. The van der Waals surface area contributed by atoms with Gasteiger partial charge in [0.05, 0.1) is 48.1 Å². The fourth-order valence-electron chi connectivity index (χ4n) is 3.73. The molecule has 0 saturated carbocycles. The number of rotatable bonds is 8. The molecule has 1 N–H and O–H groups in total. The Bertz CT molecular complexity index is 1030. The van der Waals surface area contributed by atoms with Crippen LogP contribution in [0.1, 0.15) is 18.0 Å². The van der Waals surface area contributed by atoms with Crippen molar-refractivity contribution in [2.24, 2.45) is 5.92 Å². The summed E-state index contributed by atoms with van der Waals surface area (Å²) >= 11 is 0. The number of hydrogen-bond donors (Lipinski definition) is 1. The minimum atomic E-state index is -2.93. The summed E-state index contributed by atoms with van der Waals surface area (Å²) in [6.07, 6.45) is 2.13. The molecule has 8 heteroatoms. The lowest BCUT2D eigenvalue weighted by Gasteiger charge is -2.16. The molecule has 150 valence electrons. The molecule has 7 nitrogen and oxygen atoms in total. The number of benzene rings is 1. The zero-order valence-electron chi connectivity index (χ0n) is 15.5. The molecule has 3 aromatic rings. The van der Waals surface area contributed by atoms with Gasteiger partial charge in [0.2, 0.25) is 0 Å². The Hall–Kier alpha value is -2.16. The van der Waals surface area contributed by atoms with Crippen molar-refractivity contribution in [3.05, 3.63) is 54.2 Å². The Kier molecular flexibility index (Phi) is 5.52. The molecule has 0 bridgehead atoms. The molecule has 0 spiro atoms. The van der Waals surface area contributed by atoms with Crippen LogP contribution in [0.25, 0.3) is 11.0 Å². The summed E-state index contributed by atoms with van der Waals surface area (Å²) in [6.45, 7) is 0.819. The van der Waals surface area contributed by atoms with Crippen molar-refractivity contribution >= 4 is 20.9 Å². The van der Waals surface area contributed by atoms with E-state index in [0.29, 0.717) is 31.8 Å². The number of imidazole rings is 1. The predicted molar refractivity (Wildman–Crippen MR) is 105 cm³/mol. The Balaban J connectivity index is 1.46. The van der Waals surface area contributed by atoms with Crippen LogP contribution in [0.4, 0.5) is 0 Å². The van der Waals surface area contributed by atoms with Crippen molar-refractivity contribution in [2.75, 3.05) is 18.1 Å². The van der Waals surface area contributed by atoms with Gasteiger partial charge < -0.3 is 18.8 Å². The molecule has 1 aliphatic rings. The average Bonchev–Trinajstić information content (AvgIpc) is 3.36. The van der Waals surface area contributed by atoms with E-state index in [9.17, 15) is 13.5 Å². The quantitative estimate of drug-likeness (QED) is 0.618. The minimum absolute atomic E-state index is 0.0768. The predicted octanol–water partition coefficient (Wildman–Crippen LogP) is 2.18. The van der Waals surface area contributed by atoms with Gasteiger partial charge in [0.15, 0.2) is 9.84 Å². The summed E-state index contributed by atoms with van der Waals surface area (Å²) in [4.78, 5) is 4.70. The van der Waals surface area contributed by atoms with Crippen molar-refractivity contribution in [1.29, 1.82) is 0 Å². The number of aromatic nitrogens is 2. The van der Waals surface area contributed by atoms with Crippen molar-refractivity contribution in [2.45, 2.75) is 32.1 Å². The number of aliphatic hydroxyl groups is 1. The van der Waals surface area contributed by atoms with Crippen molar-refractivity contribution in [3.8, 4) is 0 Å². The molecule has 1 aromatic carbocycles. The third kappa shape index (κ3) is 4.45. The van der Waals surface area contributed by atoms with Gasteiger partial charge in [-0.05, 0) is 36.6 Å². The lowest BCUT2D eigenvalue weighted by molar-refractivity contribution is 0.0148. The fourth-order valence-corrected chi connectivity index (χ4v) is 5.59. The largest absolute Gasteiger partial charge is 0.467 e. The number of ether oxygens (including phenoxy) is 1. The molecule has 0 amide bonds. The van der Waals surface area contributed by atoms with Gasteiger partial charge in [-0.15, -0.1) is 0 Å². The second kappa shape index (κ2) is 8.06. The molecule has 1 fully saturated rings. The molecule has 0 aliphatic carbocycles. The summed E-state index contributed by atoms with van der Waals surface area (Å²) in [7, 11) is -2.93. The maximum Gasteiger partial charge on any atom is 0.150 e. The van der Waals surface area contributed by atoms with Gasteiger partial charge in [0.1, 0.15) is 18.2 Å². The van der Waals surface area contributed by atoms with Crippen LogP contribution < -0.4 is 0 Å². The molecule has 0 radical (unpaired) electrons. The molecule has 1 saturated heterocycles.